The lowest BCUT2D eigenvalue weighted by atomic mass is 9.75. The van der Waals surface area contributed by atoms with Crippen molar-refractivity contribution in [1.29, 1.82) is 0 Å². The van der Waals surface area contributed by atoms with E-state index in [2.05, 4.69) is 101 Å². The van der Waals surface area contributed by atoms with Gasteiger partial charge in [0.15, 0.2) is 0 Å². The van der Waals surface area contributed by atoms with Gasteiger partial charge < -0.3 is 9.31 Å². The molecule has 1 fully saturated rings. The fourth-order valence-electron chi connectivity index (χ4n) is 4.81. The fraction of sp³-hybridized carbons (Fsp3) is 0.607. The maximum absolute atomic E-state index is 6.21. The Morgan fingerprint density at radius 1 is 0.818 bits per heavy atom. The van der Waals surface area contributed by atoms with Crippen LogP contribution in [0.3, 0.4) is 0 Å². The van der Waals surface area contributed by atoms with Crippen molar-refractivity contribution in [2.45, 2.75) is 112 Å². The summed E-state index contributed by atoms with van der Waals surface area (Å²) in [6, 6.07) is 8.82. The van der Waals surface area contributed by atoms with E-state index >= 15 is 0 Å². The van der Waals surface area contributed by atoms with Gasteiger partial charge in [0.05, 0.1) is 11.2 Å². The predicted octanol–water partition coefficient (Wildman–Crippen LogP) is 7.43. The predicted molar refractivity (Wildman–Crippen MR) is 146 cm³/mol. The first-order valence-electron chi connectivity index (χ1n) is 12.2. The second kappa shape index (κ2) is 9.83. The SMILES string of the molecule is CC.CC1(C)CC(C)(C)c2cc(B3OC(C)(C)C(C)(C)O3)ccc21.Cc1cc(C)c(Br)cn1. The summed E-state index contributed by atoms with van der Waals surface area (Å²) in [6.07, 6.45) is 3.01. The van der Waals surface area contributed by atoms with E-state index in [0.29, 0.717) is 0 Å². The van der Waals surface area contributed by atoms with Gasteiger partial charge in [0.2, 0.25) is 0 Å². The molecule has 1 saturated heterocycles. The van der Waals surface area contributed by atoms with E-state index in [1.165, 1.54) is 23.1 Å². The molecule has 33 heavy (non-hydrogen) atoms. The molecule has 182 valence electrons. The van der Waals surface area contributed by atoms with Crippen LogP contribution in [-0.2, 0) is 20.1 Å². The summed E-state index contributed by atoms with van der Waals surface area (Å²) in [5.74, 6) is 0. The summed E-state index contributed by atoms with van der Waals surface area (Å²) < 4.78 is 13.5. The van der Waals surface area contributed by atoms with E-state index < -0.39 is 0 Å². The second-order valence-electron chi connectivity index (χ2n) is 11.4. The first-order chi connectivity index (χ1) is 15.1. The van der Waals surface area contributed by atoms with Crippen LogP contribution in [0.25, 0.3) is 0 Å². The maximum atomic E-state index is 6.21. The average Bonchev–Trinajstić information content (AvgIpc) is 3.04. The van der Waals surface area contributed by atoms with Crippen molar-refractivity contribution in [2.75, 3.05) is 0 Å². The van der Waals surface area contributed by atoms with Crippen LogP contribution in [0.15, 0.2) is 34.9 Å². The monoisotopic (exact) mass is 515 g/mol. The topological polar surface area (TPSA) is 31.4 Å². The largest absolute Gasteiger partial charge is 0.494 e. The normalized spacial score (nSPS) is 20.8. The molecule has 0 amide bonds. The standard InChI is InChI=1S/C19H29BO2.C7H8BrN.C2H6/c1-16(2)12-17(3,4)15-11-13(9-10-14(15)16)20-21-18(5,6)19(7,8)22-20;1-5-3-6(2)9-4-7(5)8;1-2/h9-11H,12H2,1-8H3;3-4H,1-2H3;1-2H3. The number of aryl methyl sites for hydroxylation is 2. The Morgan fingerprint density at radius 2 is 1.33 bits per heavy atom. The molecule has 0 unspecified atom stereocenters. The first kappa shape index (κ1) is 28.1. The molecule has 1 aromatic heterocycles. The van der Waals surface area contributed by atoms with Crippen LogP contribution >= 0.6 is 15.9 Å². The molecule has 2 aliphatic rings. The van der Waals surface area contributed by atoms with Crippen LogP contribution in [0.4, 0.5) is 0 Å². The lowest BCUT2D eigenvalue weighted by Gasteiger charge is -2.32. The highest BCUT2D eigenvalue weighted by molar-refractivity contribution is 9.10. The van der Waals surface area contributed by atoms with Crippen LogP contribution in [0.2, 0.25) is 0 Å². The molecular weight excluding hydrogens is 473 g/mol. The minimum Gasteiger partial charge on any atom is -0.399 e. The van der Waals surface area contributed by atoms with Crippen molar-refractivity contribution in [3.8, 4) is 0 Å². The first-order valence-corrected chi connectivity index (χ1v) is 12.9. The number of pyridine rings is 1. The summed E-state index contributed by atoms with van der Waals surface area (Å²) in [6.45, 7) is 25.8. The van der Waals surface area contributed by atoms with Crippen molar-refractivity contribution in [2.24, 2.45) is 0 Å². The Hall–Kier alpha value is -1.17. The third kappa shape index (κ3) is 5.92. The van der Waals surface area contributed by atoms with Crippen molar-refractivity contribution in [3.63, 3.8) is 0 Å². The van der Waals surface area contributed by atoms with Crippen LogP contribution in [0, 0.1) is 13.8 Å². The van der Waals surface area contributed by atoms with Gasteiger partial charge in [-0.25, -0.2) is 0 Å². The summed E-state index contributed by atoms with van der Waals surface area (Å²) in [5.41, 5.74) is 6.24. The van der Waals surface area contributed by atoms with Gasteiger partial charge in [0.25, 0.3) is 0 Å². The highest BCUT2D eigenvalue weighted by Gasteiger charge is 2.52. The van der Waals surface area contributed by atoms with Crippen LogP contribution in [-0.4, -0.2) is 23.3 Å². The number of halogens is 1. The van der Waals surface area contributed by atoms with Gasteiger partial charge in [-0.2, -0.15) is 0 Å². The zero-order chi connectivity index (χ0) is 25.4. The number of hydrogen-bond acceptors (Lipinski definition) is 3. The van der Waals surface area contributed by atoms with Crippen LogP contribution < -0.4 is 5.46 Å². The fourth-order valence-corrected chi connectivity index (χ4v) is 5.03. The Labute approximate surface area is 211 Å². The smallest absolute Gasteiger partial charge is 0.399 e. The van der Waals surface area contributed by atoms with Gasteiger partial charge >= 0.3 is 7.12 Å². The molecule has 1 aliphatic carbocycles. The van der Waals surface area contributed by atoms with Gasteiger partial charge in [0, 0.05) is 16.4 Å². The lowest BCUT2D eigenvalue weighted by molar-refractivity contribution is 0.00578. The van der Waals surface area contributed by atoms with Gasteiger partial charge in [-0.1, -0.05) is 59.7 Å². The summed E-state index contributed by atoms with van der Waals surface area (Å²) in [7, 11) is -0.269. The Morgan fingerprint density at radius 3 is 1.82 bits per heavy atom. The number of rotatable bonds is 1. The maximum Gasteiger partial charge on any atom is 0.494 e. The summed E-state index contributed by atoms with van der Waals surface area (Å²) >= 11 is 3.37. The van der Waals surface area contributed by atoms with E-state index in [4.69, 9.17) is 9.31 Å². The Balaban J connectivity index is 0.000000293. The quantitative estimate of drug-likeness (QED) is 0.370. The van der Waals surface area contributed by atoms with Crippen molar-refractivity contribution in [1.82, 2.24) is 4.98 Å². The average molecular weight is 516 g/mol. The lowest BCUT2D eigenvalue weighted by Crippen LogP contribution is -2.41. The number of aromatic nitrogens is 1. The molecule has 2 heterocycles. The minimum atomic E-state index is -0.286. The molecule has 0 radical (unpaired) electrons. The van der Waals surface area contributed by atoms with Gasteiger partial charge in [-0.15, -0.1) is 0 Å². The van der Waals surface area contributed by atoms with E-state index in [1.54, 1.807) is 0 Å². The number of nitrogens with zero attached hydrogens (tertiary/aromatic N) is 1. The van der Waals surface area contributed by atoms with E-state index in [1.807, 2.05) is 33.0 Å². The van der Waals surface area contributed by atoms with Crippen molar-refractivity contribution < 1.29 is 9.31 Å². The van der Waals surface area contributed by atoms with Crippen LogP contribution in [0.5, 0.6) is 0 Å². The third-order valence-corrected chi connectivity index (χ3v) is 7.92. The minimum absolute atomic E-state index is 0.207. The van der Waals surface area contributed by atoms with Gasteiger partial charge in [-0.05, 0) is 103 Å². The van der Waals surface area contributed by atoms with Gasteiger partial charge in [-0.3, -0.25) is 4.98 Å². The van der Waals surface area contributed by atoms with Crippen LogP contribution in [0.1, 0.15) is 98.0 Å². The molecule has 5 heteroatoms. The molecule has 3 nitrogen and oxygen atoms in total. The van der Waals surface area contributed by atoms with Gasteiger partial charge in [0.1, 0.15) is 0 Å². The number of benzene rings is 1. The molecule has 0 spiro atoms. The van der Waals surface area contributed by atoms with E-state index in [9.17, 15) is 0 Å². The third-order valence-electron chi connectivity index (χ3n) is 7.09. The van der Waals surface area contributed by atoms with Crippen molar-refractivity contribution in [3.05, 3.63) is 57.3 Å². The van der Waals surface area contributed by atoms with Crippen molar-refractivity contribution >= 4 is 28.5 Å². The molecule has 2 aromatic rings. The Bertz CT molecular complexity index is 966. The summed E-state index contributed by atoms with van der Waals surface area (Å²) in [4.78, 5) is 4.09. The Kier molecular flexibility index (Phi) is 8.36. The molecule has 1 aromatic carbocycles. The molecule has 1 aliphatic heterocycles. The molecule has 4 rings (SSSR count). The molecule has 0 N–H and O–H groups in total. The molecule has 0 bridgehead atoms. The number of hydrogen-bond donors (Lipinski definition) is 0. The van der Waals surface area contributed by atoms with E-state index in [-0.39, 0.29) is 29.2 Å². The highest BCUT2D eigenvalue weighted by Crippen LogP contribution is 2.49. The second-order valence-corrected chi connectivity index (χ2v) is 12.3. The molecular formula is C28H43BBrNO2. The number of fused-ring (bicyclic) bond motifs is 1. The zero-order valence-electron chi connectivity index (χ0n) is 22.8. The zero-order valence-corrected chi connectivity index (χ0v) is 24.4. The van der Waals surface area contributed by atoms with E-state index in [0.717, 1.165) is 15.6 Å². The highest BCUT2D eigenvalue weighted by atomic mass is 79.9. The molecule has 0 saturated carbocycles. The summed E-state index contributed by atoms with van der Waals surface area (Å²) in [5, 5.41) is 0. The molecule has 0 atom stereocenters.